The van der Waals surface area contributed by atoms with Gasteiger partial charge in [-0.05, 0) is 52.7 Å². The monoisotopic (exact) mass is 482 g/mol. The van der Waals surface area contributed by atoms with Crippen molar-refractivity contribution in [1.29, 1.82) is 5.26 Å². The lowest BCUT2D eigenvalue weighted by molar-refractivity contribution is -0.0626. The number of rotatable bonds is 6. The molecule has 1 fully saturated rings. The van der Waals surface area contributed by atoms with Crippen LogP contribution >= 0.6 is 11.8 Å². The normalized spacial score (nSPS) is 18.3. The first-order valence-electron chi connectivity index (χ1n) is 11.4. The minimum absolute atomic E-state index is 0.0156. The average Bonchev–Trinajstić information content (AvgIpc) is 3.06. The highest BCUT2D eigenvalue weighted by molar-refractivity contribution is 7.99. The number of hydrogen-bond donors (Lipinski definition) is 0. The van der Waals surface area contributed by atoms with Crippen molar-refractivity contribution in [2.75, 3.05) is 25.6 Å². The highest BCUT2D eigenvalue weighted by Crippen LogP contribution is 2.43. The number of nitrogens with zero attached hydrogens (tertiary/aromatic N) is 4. The zero-order valence-electron chi connectivity index (χ0n) is 21.0. The second kappa shape index (κ2) is 10.2. The molecule has 0 spiro atoms. The molecule has 0 N–H and O–H groups in total. The Morgan fingerprint density at radius 1 is 1.35 bits per heavy atom. The van der Waals surface area contributed by atoms with Gasteiger partial charge in [0.25, 0.3) is 0 Å². The van der Waals surface area contributed by atoms with Gasteiger partial charge in [0.2, 0.25) is 0 Å². The SMILES string of the molecule is CN(C)c1cc(S[C@H](C[C@H]2COC(C)(C)N2C(=O)OC(C)(C)C)c2ccccc2)c(C#N)cn1. The first-order chi connectivity index (χ1) is 15.9. The molecule has 34 heavy (non-hydrogen) atoms. The van der Waals surface area contributed by atoms with Crippen LogP contribution in [-0.2, 0) is 9.47 Å². The van der Waals surface area contributed by atoms with Gasteiger partial charge in [0, 0.05) is 30.4 Å². The van der Waals surface area contributed by atoms with Gasteiger partial charge in [-0.1, -0.05) is 30.3 Å². The minimum Gasteiger partial charge on any atom is -0.444 e. The molecule has 1 aliphatic heterocycles. The lowest BCUT2D eigenvalue weighted by Gasteiger charge is -2.36. The summed E-state index contributed by atoms with van der Waals surface area (Å²) < 4.78 is 11.7. The number of aromatic nitrogens is 1. The van der Waals surface area contributed by atoms with E-state index in [1.165, 1.54) is 0 Å². The molecule has 0 saturated carbocycles. The summed E-state index contributed by atoms with van der Waals surface area (Å²) in [6, 6.07) is 14.2. The largest absolute Gasteiger partial charge is 0.444 e. The third-order valence-electron chi connectivity index (χ3n) is 5.52. The van der Waals surface area contributed by atoms with Gasteiger partial charge >= 0.3 is 6.09 Å². The van der Waals surface area contributed by atoms with E-state index in [-0.39, 0.29) is 17.4 Å². The number of benzene rings is 1. The molecule has 1 amide bonds. The van der Waals surface area contributed by atoms with Gasteiger partial charge in [0.05, 0.1) is 18.2 Å². The Morgan fingerprint density at radius 3 is 2.62 bits per heavy atom. The number of anilines is 1. The van der Waals surface area contributed by atoms with Crippen molar-refractivity contribution in [3.63, 3.8) is 0 Å². The van der Waals surface area contributed by atoms with Crippen molar-refractivity contribution in [2.24, 2.45) is 0 Å². The van der Waals surface area contributed by atoms with E-state index in [2.05, 4.69) is 23.2 Å². The molecule has 182 valence electrons. The summed E-state index contributed by atoms with van der Waals surface area (Å²) in [4.78, 5) is 22.0. The topological polar surface area (TPSA) is 78.7 Å². The Hall–Kier alpha value is -2.76. The van der Waals surface area contributed by atoms with Crippen LogP contribution in [0.2, 0.25) is 0 Å². The van der Waals surface area contributed by atoms with Crippen LogP contribution in [-0.4, -0.2) is 54.0 Å². The maximum absolute atomic E-state index is 13.1. The third kappa shape index (κ3) is 6.22. The van der Waals surface area contributed by atoms with E-state index < -0.39 is 11.3 Å². The predicted octanol–water partition coefficient (Wildman–Crippen LogP) is 5.61. The third-order valence-corrected chi connectivity index (χ3v) is 6.86. The van der Waals surface area contributed by atoms with Gasteiger partial charge < -0.3 is 14.4 Å². The Bertz CT molecular complexity index is 1040. The van der Waals surface area contributed by atoms with E-state index in [0.717, 1.165) is 16.3 Å². The van der Waals surface area contributed by atoms with E-state index in [9.17, 15) is 10.1 Å². The fraction of sp³-hybridized carbons (Fsp3) is 0.500. The summed E-state index contributed by atoms with van der Waals surface area (Å²) in [5, 5.41) is 9.69. The number of nitriles is 1. The van der Waals surface area contributed by atoms with Crippen molar-refractivity contribution in [1.82, 2.24) is 9.88 Å². The van der Waals surface area contributed by atoms with Crippen molar-refractivity contribution < 1.29 is 14.3 Å². The Kier molecular flexibility index (Phi) is 7.79. The maximum Gasteiger partial charge on any atom is 0.412 e. The molecule has 2 aromatic rings. The van der Waals surface area contributed by atoms with Crippen molar-refractivity contribution in [3.05, 3.63) is 53.7 Å². The number of amides is 1. The summed E-state index contributed by atoms with van der Waals surface area (Å²) in [5.74, 6) is 0.786. The summed E-state index contributed by atoms with van der Waals surface area (Å²) in [6.07, 6.45) is 1.88. The fourth-order valence-corrected chi connectivity index (χ4v) is 5.23. The van der Waals surface area contributed by atoms with Crippen LogP contribution in [0, 0.1) is 11.3 Å². The van der Waals surface area contributed by atoms with Crippen molar-refractivity contribution in [3.8, 4) is 6.07 Å². The van der Waals surface area contributed by atoms with Crippen molar-refractivity contribution in [2.45, 2.75) is 68.6 Å². The first kappa shape index (κ1) is 25.9. The van der Waals surface area contributed by atoms with E-state index in [1.54, 1.807) is 22.9 Å². The number of thioether (sulfide) groups is 1. The zero-order valence-corrected chi connectivity index (χ0v) is 21.8. The molecule has 1 aromatic heterocycles. The van der Waals surface area contributed by atoms with Crippen LogP contribution in [0.15, 0.2) is 47.5 Å². The molecule has 2 heterocycles. The van der Waals surface area contributed by atoms with E-state index >= 15 is 0 Å². The van der Waals surface area contributed by atoms with E-state index in [0.29, 0.717) is 18.6 Å². The second-order valence-corrected chi connectivity index (χ2v) is 11.3. The summed E-state index contributed by atoms with van der Waals surface area (Å²) in [6.45, 7) is 9.79. The van der Waals surface area contributed by atoms with E-state index in [4.69, 9.17) is 9.47 Å². The predicted molar refractivity (Wildman–Crippen MR) is 135 cm³/mol. The van der Waals surface area contributed by atoms with Crippen molar-refractivity contribution >= 4 is 23.7 Å². The summed E-state index contributed by atoms with van der Waals surface area (Å²) in [5.41, 5.74) is 0.276. The summed E-state index contributed by atoms with van der Waals surface area (Å²) >= 11 is 1.61. The molecule has 1 aliphatic rings. The number of carbonyl (C=O) groups excluding carboxylic acids is 1. The second-order valence-electron chi connectivity index (χ2n) is 10.1. The Balaban J connectivity index is 1.94. The van der Waals surface area contributed by atoms with Gasteiger partial charge in [0.15, 0.2) is 0 Å². The lowest BCUT2D eigenvalue weighted by Crippen LogP contribution is -2.50. The molecular formula is C26H34N4O3S. The molecule has 0 bridgehead atoms. The lowest BCUT2D eigenvalue weighted by atomic mass is 10.0. The Morgan fingerprint density at radius 2 is 2.03 bits per heavy atom. The highest BCUT2D eigenvalue weighted by Gasteiger charge is 2.46. The van der Waals surface area contributed by atoms with Crippen LogP contribution in [0.5, 0.6) is 0 Å². The molecule has 0 radical (unpaired) electrons. The van der Waals surface area contributed by atoms with Gasteiger partial charge in [-0.2, -0.15) is 5.26 Å². The van der Waals surface area contributed by atoms with Gasteiger partial charge in [0.1, 0.15) is 23.2 Å². The molecule has 7 nitrogen and oxygen atoms in total. The number of carbonyl (C=O) groups is 1. The molecule has 8 heteroatoms. The number of hydrogen-bond acceptors (Lipinski definition) is 7. The molecule has 1 aromatic carbocycles. The van der Waals surface area contributed by atoms with Gasteiger partial charge in [-0.25, -0.2) is 9.78 Å². The van der Waals surface area contributed by atoms with E-state index in [1.807, 2.05) is 77.9 Å². The van der Waals surface area contributed by atoms with Gasteiger partial charge in [-0.3, -0.25) is 4.90 Å². The quantitative estimate of drug-likeness (QED) is 0.495. The van der Waals surface area contributed by atoms with Crippen LogP contribution in [0.4, 0.5) is 10.6 Å². The molecule has 0 unspecified atom stereocenters. The molecule has 0 aliphatic carbocycles. The van der Waals surface area contributed by atoms with Crippen LogP contribution in [0.3, 0.4) is 0 Å². The maximum atomic E-state index is 13.1. The smallest absolute Gasteiger partial charge is 0.412 e. The Labute approximate surface area is 207 Å². The molecule has 3 rings (SSSR count). The standard InChI is InChI=1S/C26H34N4O3S/c1-25(2,3)33-24(31)30-20(17-32-26(30,4)5)13-21(18-11-9-8-10-12-18)34-22-14-23(29(6)7)28-16-19(22)15-27/h8-12,14,16,20-21H,13,17H2,1-7H3/t20-,21+/m0/s1. The fourth-order valence-electron chi connectivity index (χ4n) is 3.91. The minimum atomic E-state index is -0.772. The van der Waals surface area contributed by atoms with Crippen LogP contribution in [0.25, 0.3) is 0 Å². The molecule has 1 saturated heterocycles. The number of pyridine rings is 1. The van der Waals surface area contributed by atoms with Crippen LogP contribution in [0.1, 0.15) is 57.4 Å². The van der Waals surface area contributed by atoms with Gasteiger partial charge in [-0.15, -0.1) is 11.8 Å². The first-order valence-corrected chi connectivity index (χ1v) is 12.2. The zero-order chi connectivity index (χ0) is 25.1. The molecule has 2 atom stereocenters. The number of ether oxygens (including phenoxy) is 2. The average molecular weight is 483 g/mol. The molecular weight excluding hydrogens is 448 g/mol. The highest BCUT2D eigenvalue weighted by atomic mass is 32.2. The van der Waals surface area contributed by atoms with Crippen LogP contribution < -0.4 is 4.90 Å². The summed E-state index contributed by atoms with van der Waals surface area (Å²) in [7, 11) is 3.85.